The minimum Gasteiger partial charge on any atom is -0.338 e. The van der Waals surface area contributed by atoms with Crippen LogP contribution in [0.5, 0.6) is 0 Å². The Morgan fingerprint density at radius 1 is 1.06 bits per heavy atom. The zero-order valence-electron chi connectivity index (χ0n) is 20.2. The van der Waals surface area contributed by atoms with Crippen molar-refractivity contribution in [2.75, 3.05) is 18.4 Å². The van der Waals surface area contributed by atoms with Crippen LogP contribution in [0.25, 0.3) is 22.2 Å². The maximum absolute atomic E-state index is 13.5. The Bertz CT molecular complexity index is 1460. The maximum atomic E-state index is 13.5. The standard InChI is InChI=1S/C28H26N4O2S/c1-5-32(6-2)28(34)25-18(4)22(16-29)27(35-25)31-26(33)21-15-24(19-13-11-17(3)12-14-19)30-23-10-8-7-9-20(21)23/h7-15H,5-6H2,1-4H3,(H,31,33). The molecule has 0 fully saturated rings. The molecule has 4 rings (SSSR count). The summed E-state index contributed by atoms with van der Waals surface area (Å²) in [6.07, 6.45) is 0. The van der Waals surface area contributed by atoms with Gasteiger partial charge in [-0.1, -0.05) is 48.0 Å². The number of nitrogens with zero attached hydrogens (tertiary/aromatic N) is 3. The van der Waals surface area contributed by atoms with Gasteiger partial charge in [-0.25, -0.2) is 4.98 Å². The summed E-state index contributed by atoms with van der Waals surface area (Å²) in [5.74, 6) is -0.484. The summed E-state index contributed by atoms with van der Waals surface area (Å²) < 4.78 is 0. The Morgan fingerprint density at radius 3 is 2.40 bits per heavy atom. The van der Waals surface area contributed by atoms with Gasteiger partial charge < -0.3 is 10.2 Å². The average molecular weight is 483 g/mol. The number of amides is 2. The highest BCUT2D eigenvalue weighted by atomic mass is 32.1. The largest absolute Gasteiger partial charge is 0.338 e. The fourth-order valence-electron chi connectivity index (χ4n) is 4.00. The molecule has 176 valence electrons. The molecule has 1 N–H and O–H groups in total. The number of thiophene rings is 1. The summed E-state index contributed by atoms with van der Waals surface area (Å²) in [5, 5.41) is 13.8. The van der Waals surface area contributed by atoms with E-state index in [0.717, 1.165) is 22.5 Å². The molecule has 4 aromatic rings. The number of rotatable bonds is 6. The van der Waals surface area contributed by atoms with Crippen LogP contribution < -0.4 is 5.32 Å². The molecule has 2 aromatic carbocycles. The highest BCUT2D eigenvalue weighted by Gasteiger charge is 2.25. The molecule has 0 saturated heterocycles. The van der Waals surface area contributed by atoms with Gasteiger partial charge in [0, 0.05) is 24.0 Å². The number of carbonyl (C=O) groups excluding carboxylic acids is 2. The molecule has 2 heterocycles. The number of aryl methyl sites for hydroxylation is 1. The molecule has 0 aliphatic heterocycles. The zero-order valence-corrected chi connectivity index (χ0v) is 21.0. The number of nitriles is 1. The zero-order chi connectivity index (χ0) is 25.1. The van der Waals surface area contributed by atoms with E-state index in [9.17, 15) is 14.9 Å². The molecule has 0 spiro atoms. The third kappa shape index (κ3) is 4.66. The van der Waals surface area contributed by atoms with Crippen LogP contribution >= 0.6 is 11.3 Å². The predicted molar refractivity (Wildman–Crippen MR) is 141 cm³/mol. The second-order valence-corrected chi connectivity index (χ2v) is 9.26. The van der Waals surface area contributed by atoms with E-state index < -0.39 is 0 Å². The number of nitrogens with one attached hydrogen (secondary N) is 1. The van der Waals surface area contributed by atoms with Gasteiger partial charge in [-0.15, -0.1) is 11.3 Å². The van der Waals surface area contributed by atoms with Gasteiger partial charge in [0.1, 0.15) is 11.1 Å². The smallest absolute Gasteiger partial charge is 0.264 e. The summed E-state index contributed by atoms with van der Waals surface area (Å²) in [4.78, 5) is 33.4. The van der Waals surface area contributed by atoms with Crippen LogP contribution in [0.2, 0.25) is 0 Å². The highest BCUT2D eigenvalue weighted by Crippen LogP contribution is 2.34. The predicted octanol–water partition coefficient (Wildman–Crippen LogP) is 6.19. The lowest BCUT2D eigenvalue weighted by Gasteiger charge is -2.17. The molecule has 0 unspecified atom stereocenters. The van der Waals surface area contributed by atoms with E-state index in [4.69, 9.17) is 4.98 Å². The van der Waals surface area contributed by atoms with Gasteiger partial charge in [-0.2, -0.15) is 5.26 Å². The van der Waals surface area contributed by atoms with Crippen LogP contribution in [0.1, 0.15) is 50.6 Å². The second-order valence-electron chi connectivity index (χ2n) is 8.24. The van der Waals surface area contributed by atoms with Crippen molar-refractivity contribution >= 4 is 39.1 Å². The van der Waals surface area contributed by atoms with Crippen LogP contribution in [-0.4, -0.2) is 34.8 Å². The van der Waals surface area contributed by atoms with E-state index in [1.807, 2.05) is 69.3 Å². The summed E-state index contributed by atoms with van der Waals surface area (Å²) in [6, 6.07) is 19.4. The molecule has 0 saturated carbocycles. The number of hydrogen-bond acceptors (Lipinski definition) is 5. The van der Waals surface area contributed by atoms with Crippen molar-refractivity contribution in [1.82, 2.24) is 9.88 Å². The first kappa shape index (κ1) is 24.1. The monoisotopic (exact) mass is 482 g/mol. The Labute approximate surface area is 208 Å². The van der Waals surface area contributed by atoms with Crippen molar-refractivity contribution in [3.63, 3.8) is 0 Å². The van der Waals surface area contributed by atoms with Crippen molar-refractivity contribution in [3.8, 4) is 17.3 Å². The molecule has 0 aliphatic carbocycles. The molecule has 0 radical (unpaired) electrons. The first-order chi connectivity index (χ1) is 16.9. The van der Waals surface area contributed by atoms with E-state index in [-0.39, 0.29) is 11.8 Å². The van der Waals surface area contributed by atoms with Crippen LogP contribution in [0.3, 0.4) is 0 Å². The van der Waals surface area contributed by atoms with Crippen LogP contribution in [0, 0.1) is 25.2 Å². The Morgan fingerprint density at radius 2 is 1.74 bits per heavy atom. The topological polar surface area (TPSA) is 86.1 Å². The third-order valence-electron chi connectivity index (χ3n) is 6.04. The summed E-state index contributed by atoms with van der Waals surface area (Å²) in [5.41, 5.74) is 4.80. The quantitative estimate of drug-likeness (QED) is 0.355. The van der Waals surface area contributed by atoms with Crippen molar-refractivity contribution in [2.45, 2.75) is 27.7 Å². The molecular formula is C28H26N4O2S. The Hall–Kier alpha value is -4.02. The second kappa shape index (κ2) is 10.1. The minimum absolute atomic E-state index is 0.134. The number of benzene rings is 2. The van der Waals surface area contributed by atoms with Gasteiger partial charge in [0.05, 0.1) is 27.2 Å². The molecule has 0 bridgehead atoms. The maximum Gasteiger partial charge on any atom is 0.264 e. The number of hydrogen-bond donors (Lipinski definition) is 1. The van der Waals surface area contributed by atoms with E-state index in [0.29, 0.717) is 56.3 Å². The van der Waals surface area contributed by atoms with Gasteiger partial charge in [0.25, 0.3) is 11.8 Å². The van der Waals surface area contributed by atoms with Gasteiger partial charge >= 0.3 is 0 Å². The van der Waals surface area contributed by atoms with Gasteiger partial charge in [-0.05, 0) is 45.4 Å². The third-order valence-corrected chi connectivity index (χ3v) is 7.23. The molecule has 7 heteroatoms. The van der Waals surface area contributed by atoms with E-state index in [2.05, 4.69) is 11.4 Å². The van der Waals surface area contributed by atoms with Crippen LogP contribution in [-0.2, 0) is 0 Å². The van der Waals surface area contributed by atoms with Gasteiger partial charge in [0.2, 0.25) is 0 Å². The summed E-state index contributed by atoms with van der Waals surface area (Å²) in [7, 11) is 0. The van der Waals surface area contributed by atoms with E-state index >= 15 is 0 Å². The van der Waals surface area contributed by atoms with Crippen LogP contribution in [0.4, 0.5) is 5.00 Å². The molecule has 0 atom stereocenters. The summed E-state index contributed by atoms with van der Waals surface area (Å²) >= 11 is 1.15. The lowest BCUT2D eigenvalue weighted by molar-refractivity contribution is 0.0777. The summed E-state index contributed by atoms with van der Waals surface area (Å²) in [6.45, 7) is 8.74. The number of carbonyl (C=O) groups is 2. The van der Waals surface area contributed by atoms with Gasteiger partial charge in [-0.3, -0.25) is 9.59 Å². The van der Waals surface area contributed by atoms with E-state index in [1.165, 1.54) is 0 Å². The lowest BCUT2D eigenvalue weighted by atomic mass is 10.0. The molecule has 2 amide bonds. The Kier molecular flexibility index (Phi) is 6.94. The van der Waals surface area contributed by atoms with E-state index in [1.54, 1.807) is 17.9 Å². The molecular weight excluding hydrogens is 456 g/mol. The number of para-hydroxylation sites is 1. The minimum atomic E-state index is -0.350. The molecule has 35 heavy (non-hydrogen) atoms. The Balaban J connectivity index is 1.76. The molecule has 2 aromatic heterocycles. The van der Waals surface area contributed by atoms with Gasteiger partial charge in [0.15, 0.2) is 0 Å². The number of aromatic nitrogens is 1. The van der Waals surface area contributed by atoms with Crippen molar-refractivity contribution in [2.24, 2.45) is 0 Å². The van der Waals surface area contributed by atoms with Crippen molar-refractivity contribution < 1.29 is 9.59 Å². The fraction of sp³-hybridized carbons (Fsp3) is 0.214. The first-order valence-electron chi connectivity index (χ1n) is 11.5. The molecule has 6 nitrogen and oxygen atoms in total. The number of pyridine rings is 1. The SMILES string of the molecule is CCN(CC)C(=O)c1sc(NC(=O)c2cc(-c3ccc(C)cc3)nc3ccccc23)c(C#N)c1C. The fourth-order valence-corrected chi connectivity index (χ4v) is 5.12. The number of fused-ring (bicyclic) bond motifs is 1. The number of anilines is 1. The molecule has 0 aliphatic rings. The van der Waals surface area contributed by atoms with Crippen LogP contribution in [0.15, 0.2) is 54.6 Å². The lowest BCUT2D eigenvalue weighted by Crippen LogP contribution is -2.30. The first-order valence-corrected chi connectivity index (χ1v) is 12.3. The highest BCUT2D eigenvalue weighted by molar-refractivity contribution is 7.18. The van der Waals surface area contributed by atoms with Crippen molar-refractivity contribution in [1.29, 1.82) is 5.26 Å². The average Bonchev–Trinajstić information content (AvgIpc) is 3.18. The normalized spacial score (nSPS) is 10.7. The van der Waals surface area contributed by atoms with Crippen molar-refractivity contribution in [3.05, 3.63) is 81.7 Å².